The van der Waals surface area contributed by atoms with Crippen molar-refractivity contribution in [3.8, 4) is 33.8 Å². The van der Waals surface area contributed by atoms with Gasteiger partial charge in [-0.3, -0.25) is 0 Å². The first-order valence-electron chi connectivity index (χ1n) is 23.6. The molecule has 2 saturated heterocycles. The van der Waals surface area contributed by atoms with Gasteiger partial charge in [0.05, 0.1) is 33.5 Å². The van der Waals surface area contributed by atoms with Crippen LogP contribution in [0.2, 0.25) is 0 Å². The molecule has 0 radical (unpaired) electrons. The largest absolute Gasteiger partial charge is 0.309 e. The van der Waals surface area contributed by atoms with Crippen LogP contribution < -0.4 is 0 Å². The van der Waals surface area contributed by atoms with Gasteiger partial charge < -0.3 is 9.13 Å². The minimum Gasteiger partial charge on any atom is -0.309 e. The Bertz CT molecular complexity index is 2990. The lowest BCUT2D eigenvalue weighted by molar-refractivity contribution is 0.220. The molecule has 6 aromatic carbocycles. The molecule has 0 spiro atoms. The molecule has 0 N–H and O–H groups in total. The van der Waals surface area contributed by atoms with Gasteiger partial charge in [-0.15, -0.1) is 0 Å². The number of nitrogens with zero attached hydrogens (tertiary/aromatic N) is 4. The zero-order valence-electron chi connectivity index (χ0n) is 36.4. The highest BCUT2D eigenvalue weighted by Crippen LogP contribution is 2.53. The van der Waals surface area contributed by atoms with E-state index in [-0.39, 0.29) is 10.8 Å². The molecule has 5 aliphatic rings. The Kier molecular flexibility index (Phi) is 8.68. The van der Waals surface area contributed by atoms with Gasteiger partial charge in [-0.05, 0) is 134 Å². The maximum atomic E-state index is 5.72. The maximum Gasteiger partial charge on any atom is 0.135 e. The van der Waals surface area contributed by atoms with Gasteiger partial charge in [0.15, 0.2) is 0 Å². The zero-order valence-corrected chi connectivity index (χ0v) is 37.3. The second-order valence-corrected chi connectivity index (χ2v) is 21.7. The summed E-state index contributed by atoms with van der Waals surface area (Å²) in [6, 6.07) is 54.3. The molecular formula is C58H54N4S. The Morgan fingerprint density at radius 1 is 0.476 bits per heavy atom. The van der Waals surface area contributed by atoms with Gasteiger partial charge in [0.2, 0.25) is 0 Å². The topological polar surface area (TPSA) is 35.6 Å². The van der Waals surface area contributed by atoms with Crippen LogP contribution in [0, 0.1) is 17.8 Å². The van der Waals surface area contributed by atoms with Crippen molar-refractivity contribution in [2.75, 3.05) is 5.75 Å². The third-order valence-corrected chi connectivity index (χ3v) is 17.5. The van der Waals surface area contributed by atoms with Gasteiger partial charge in [-0.1, -0.05) is 118 Å². The standard InChI is InChI=1S/C58H54N4S/c1-57(34-39-24-25-45(35-57)63-36-39)55-31-50(59-56(60-55)58(2)32-37-22-23-38(26-37)33-58)41-13-11-12-40(27-41)42-28-43(61-51-18-7-3-14-46(51)47-15-4-8-19-52(47)61)30-44(29-42)62-53-20-9-5-16-48(53)49-17-6-10-21-54(49)62/h3-21,27-31,37-39,45H,22-26,32-36H2,1-2H3/t37-,38?,39+,45?,57?,58?/m0/s1. The van der Waals surface area contributed by atoms with Crippen LogP contribution in [0.3, 0.4) is 0 Å². The average Bonchev–Trinajstić information content (AvgIpc) is 3.89. The molecule has 3 aliphatic carbocycles. The molecule has 5 heterocycles. The summed E-state index contributed by atoms with van der Waals surface area (Å²) in [7, 11) is 0. The van der Waals surface area contributed by atoms with E-state index in [2.05, 4.69) is 180 Å². The molecule has 3 saturated carbocycles. The van der Waals surface area contributed by atoms with Crippen molar-refractivity contribution >= 4 is 55.4 Å². The van der Waals surface area contributed by atoms with Crippen LogP contribution in [0.1, 0.15) is 83.2 Å². The van der Waals surface area contributed by atoms with E-state index in [1.54, 1.807) is 0 Å². The monoisotopic (exact) mass is 838 g/mol. The molecule has 3 aromatic heterocycles. The normalized spacial score (nSPS) is 25.7. The van der Waals surface area contributed by atoms with Crippen LogP contribution in [0.15, 0.2) is 146 Å². The molecule has 63 heavy (non-hydrogen) atoms. The fraction of sp³-hybridized carbons (Fsp3) is 0.310. The van der Waals surface area contributed by atoms with E-state index in [9.17, 15) is 0 Å². The van der Waals surface area contributed by atoms with Gasteiger partial charge in [0, 0.05) is 54.6 Å². The Hall–Kier alpha value is -5.65. The third kappa shape index (κ3) is 6.24. The summed E-state index contributed by atoms with van der Waals surface area (Å²) in [6.45, 7) is 5.04. The van der Waals surface area contributed by atoms with E-state index in [0.29, 0.717) is 0 Å². The highest BCUT2D eigenvalue weighted by atomic mass is 32.2. The van der Waals surface area contributed by atoms with Crippen LogP contribution in [0.4, 0.5) is 0 Å². The molecular weight excluding hydrogens is 785 g/mol. The number of fused-ring (bicyclic) bond motifs is 12. The molecule has 4 bridgehead atoms. The number of aromatic nitrogens is 4. The van der Waals surface area contributed by atoms with E-state index in [0.717, 1.165) is 45.9 Å². The van der Waals surface area contributed by atoms with Crippen molar-refractivity contribution in [3.63, 3.8) is 0 Å². The van der Waals surface area contributed by atoms with Crippen LogP contribution in [0.5, 0.6) is 0 Å². The average molecular weight is 839 g/mol. The van der Waals surface area contributed by atoms with Crippen molar-refractivity contribution in [1.29, 1.82) is 0 Å². The van der Waals surface area contributed by atoms with E-state index in [1.165, 1.54) is 130 Å². The van der Waals surface area contributed by atoms with Gasteiger partial charge in [-0.25, -0.2) is 9.97 Å². The summed E-state index contributed by atoms with van der Waals surface area (Å²) in [5.74, 6) is 4.79. The van der Waals surface area contributed by atoms with Crippen molar-refractivity contribution in [1.82, 2.24) is 19.1 Å². The predicted octanol–water partition coefficient (Wildman–Crippen LogP) is 15.0. The minimum absolute atomic E-state index is 0.00906. The van der Waals surface area contributed by atoms with Gasteiger partial charge in [0.25, 0.3) is 0 Å². The second-order valence-electron chi connectivity index (χ2n) is 20.4. The van der Waals surface area contributed by atoms with E-state index >= 15 is 0 Å². The smallest absolute Gasteiger partial charge is 0.135 e. The lowest BCUT2D eigenvalue weighted by Crippen LogP contribution is -2.35. The number of para-hydroxylation sites is 4. The lowest BCUT2D eigenvalue weighted by atomic mass is 9.69. The lowest BCUT2D eigenvalue weighted by Gasteiger charge is -2.38. The van der Waals surface area contributed by atoms with Crippen molar-refractivity contribution in [2.45, 2.75) is 87.7 Å². The summed E-state index contributed by atoms with van der Waals surface area (Å²) in [6.07, 6.45) is 11.7. The molecule has 4 nitrogen and oxygen atoms in total. The Morgan fingerprint density at radius 2 is 1.00 bits per heavy atom. The highest BCUT2D eigenvalue weighted by Gasteiger charge is 2.46. The SMILES string of the molecule is CC1(c2cc(-c3cccc(-c4cc(-n5c6ccccc6c6ccccc65)cc(-n5c6ccccc6c6ccccc65)c4)c3)nc(C3(C)CC4CC[C@@H](C4)C3)n2)CC2CC[C@@H](CS2)C1. The van der Waals surface area contributed by atoms with Crippen LogP contribution in [-0.2, 0) is 10.8 Å². The van der Waals surface area contributed by atoms with E-state index < -0.39 is 0 Å². The summed E-state index contributed by atoms with van der Waals surface area (Å²) in [5.41, 5.74) is 13.1. The molecule has 2 aliphatic heterocycles. The Labute approximate surface area is 374 Å². The Balaban J connectivity index is 1.01. The number of thioether (sulfide) groups is 1. The molecule has 5 fully saturated rings. The summed E-state index contributed by atoms with van der Waals surface area (Å²) >= 11 is 2.23. The fourth-order valence-corrected chi connectivity index (χ4v) is 14.8. The first-order valence-corrected chi connectivity index (χ1v) is 24.7. The molecule has 312 valence electrons. The summed E-state index contributed by atoms with van der Waals surface area (Å²) in [4.78, 5) is 11.4. The minimum atomic E-state index is 0.00906. The van der Waals surface area contributed by atoms with Crippen molar-refractivity contribution in [2.24, 2.45) is 17.8 Å². The summed E-state index contributed by atoms with van der Waals surface area (Å²) in [5, 5.41) is 5.79. The molecule has 0 amide bonds. The van der Waals surface area contributed by atoms with E-state index in [4.69, 9.17) is 9.97 Å². The second kappa shape index (κ2) is 14.4. The zero-order chi connectivity index (χ0) is 41.9. The first-order chi connectivity index (χ1) is 30.9. The Morgan fingerprint density at radius 3 is 1.56 bits per heavy atom. The first kappa shape index (κ1) is 37.9. The third-order valence-electron chi connectivity index (χ3n) is 16.0. The van der Waals surface area contributed by atoms with E-state index in [1.807, 2.05) is 0 Å². The quantitative estimate of drug-likeness (QED) is 0.167. The van der Waals surface area contributed by atoms with Crippen molar-refractivity contribution < 1.29 is 0 Å². The molecule has 14 rings (SSSR count). The molecule has 4 unspecified atom stereocenters. The highest BCUT2D eigenvalue weighted by molar-refractivity contribution is 7.99. The fourth-order valence-electron chi connectivity index (χ4n) is 13.2. The van der Waals surface area contributed by atoms with Gasteiger partial charge in [-0.2, -0.15) is 11.8 Å². The predicted molar refractivity (Wildman–Crippen MR) is 265 cm³/mol. The van der Waals surface area contributed by atoms with Crippen LogP contribution in [0.25, 0.3) is 77.4 Å². The number of hydrogen-bond acceptors (Lipinski definition) is 3. The number of rotatable bonds is 6. The molecule has 9 aromatic rings. The van der Waals surface area contributed by atoms with Crippen molar-refractivity contribution in [3.05, 3.63) is 157 Å². The van der Waals surface area contributed by atoms with Crippen LogP contribution >= 0.6 is 11.8 Å². The van der Waals surface area contributed by atoms with Gasteiger partial charge in [0.1, 0.15) is 5.82 Å². The van der Waals surface area contributed by atoms with Gasteiger partial charge >= 0.3 is 0 Å². The van der Waals surface area contributed by atoms with Crippen LogP contribution in [-0.4, -0.2) is 30.1 Å². The number of hydrogen-bond donors (Lipinski definition) is 0. The maximum absolute atomic E-state index is 5.72. The molecule has 5 heteroatoms. The summed E-state index contributed by atoms with van der Waals surface area (Å²) < 4.78 is 4.93. The number of benzene rings is 6. The molecule has 6 atom stereocenters.